The zero-order chi connectivity index (χ0) is 18.1. The van der Waals surface area contributed by atoms with Gasteiger partial charge in [-0.15, -0.1) is 0 Å². The highest BCUT2D eigenvalue weighted by molar-refractivity contribution is 5.78. The van der Waals surface area contributed by atoms with Crippen molar-refractivity contribution in [3.63, 3.8) is 0 Å². The number of hydrogen-bond acceptors (Lipinski definition) is 4. The molecule has 0 radical (unpaired) electrons. The molecule has 134 valence electrons. The van der Waals surface area contributed by atoms with Crippen LogP contribution in [0.2, 0.25) is 0 Å². The number of hydrogen-bond donors (Lipinski definition) is 2. The molecule has 2 rings (SSSR count). The van der Waals surface area contributed by atoms with Gasteiger partial charge in [0, 0.05) is 12.2 Å². The highest BCUT2D eigenvalue weighted by atomic mass is 16.5. The van der Waals surface area contributed by atoms with Crippen LogP contribution in [0, 0.1) is 0 Å². The van der Waals surface area contributed by atoms with E-state index in [1.807, 2.05) is 44.2 Å². The molecule has 2 aromatic carbocycles. The Morgan fingerprint density at radius 1 is 0.960 bits per heavy atom. The molecule has 0 atom stereocenters. The molecule has 0 saturated heterocycles. The fourth-order valence-electron chi connectivity index (χ4n) is 2.48. The molecule has 5 heteroatoms. The minimum absolute atomic E-state index is 0.000685. The molecule has 2 aromatic rings. The molecular weight excluding hydrogens is 316 g/mol. The maximum absolute atomic E-state index is 12.0. The molecule has 0 spiro atoms. The van der Waals surface area contributed by atoms with E-state index in [2.05, 4.69) is 5.32 Å². The normalized spacial score (nSPS) is 10.3. The van der Waals surface area contributed by atoms with E-state index in [4.69, 9.17) is 15.2 Å². The summed E-state index contributed by atoms with van der Waals surface area (Å²) in [6.45, 7) is 5.65. The van der Waals surface area contributed by atoms with E-state index >= 15 is 0 Å². The number of benzene rings is 2. The SMILES string of the molecule is CCOc1ccc(CCNC(=O)Cc2ccc(N)cc2)cc1OCC. The summed E-state index contributed by atoms with van der Waals surface area (Å²) in [6, 6.07) is 13.2. The molecule has 25 heavy (non-hydrogen) atoms. The van der Waals surface area contributed by atoms with Crippen LogP contribution >= 0.6 is 0 Å². The Bertz CT molecular complexity index is 684. The van der Waals surface area contributed by atoms with Gasteiger partial charge in [0.2, 0.25) is 5.91 Å². The average molecular weight is 342 g/mol. The van der Waals surface area contributed by atoms with Crippen LogP contribution in [-0.2, 0) is 17.6 Å². The molecule has 0 unspecified atom stereocenters. The van der Waals surface area contributed by atoms with Crippen molar-refractivity contribution in [3.05, 3.63) is 53.6 Å². The number of amides is 1. The largest absolute Gasteiger partial charge is 0.490 e. The van der Waals surface area contributed by atoms with Gasteiger partial charge < -0.3 is 20.5 Å². The third-order valence-electron chi connectivity index (χ3n) is 3.69. The van der Waals surface area contributed by atoms with E-state index < -0.39 is 0 Å². The van der Waals surface area contributed by atoms with Crippen LogP contribution in [-0.4, -0.2) is 25.7 Å². The minimum atomic E-state index is 0.000685. The van der Waals surface area contributed by atoms with Gasteiger partial charge >= 0.3 is 0 Å². The average Bonchev–Trinajstić information content (AvgIpc) is 2.59. The second kappa shape index (κ2) is 9.57. The van der Waals surface area contributed by atoms with Crippen LogP contribution in [0.5, 0.6) is 11.5 Å². The molecule has 0 fully saturated rings. The molecule has 0 heterocycles. The maximum atomic E-state index is 12.0. The highest BCUT2D eigenvalue weighted by Crippen LogP contribution is 2.28. The summed E-state index contributed by atoms with van der Waals surface area (Å²) in [6.07, 6.45) is 1.09. The van der Waals surface area contributed by atoms with Gasteiger partial charge in [0.05, 0.1) is 19.6 Å². The molecule has 0 saturated carbocycles. The van der Waals surface area contributed by atoms with Gasteiger partial charge in [0.15, 0.2) is 11.5 Å². The number of nitrogen functional groups attached to an aromatic ring is 1. The molecule has 0 aromatic heterocycles. The van der Waals surface area contributed by atoms with E-state index in [-0.39, 0.29) is 5.91 Å². The first-order valence-electron chi connectivity index (χ1n) is 8.62. The van der Waals surface area contributed by atoms with Crippen molar-refractivity contribution >= 4 is 11.6 Å². The highest BCUT2D eigenvalue weighted by Gasteiger charge is 2.07. The van der Waals surface area contributed by atoms with Gasteiger partial charge in [0.25, 0.3) is 0 Å². The predicted molar refractivity (Wildman–Crippen MR) is 100 cm³/mol. The zero-order valence-electron chi connectivity index (χ0n) is 14.9. The number of anilines is 1. The van der Waals surface area contributed by atoms with Crippen molar-refractivity contribution in [2.24, 2.45) is 0 Å². The molecule has 3 N–H and O–H groups in total. The molecule has 0 bridgehead atoms. The third kappa shape index (κ3) is 6.03. The van der Waals surface area contributed by atoms with Crippen molar-refractivity contribution in [1.29, 1.82) is 0 Å². The van der Waals surface area contributed by atoms with E-state index in [0.717, 1.165) is 29.0 Å². The zero-order valence-corrected chi connectivity index (χ0v) is 14.9. The van der Waals surface area contributed by atoms with Crippen molar-refractivity contribution in [2.75, 3.05) is 25.5 Å². The summed E-state index contributed by atoms with van der Waals surface area (Å²) in [5.74, 6) is 1.50. The Labute approximate surface area is 149 Å². The number of carbonyl (C=O) groups excluding carboxylic acids is 1. The number of rotatable bonds is 9. The van der Waals surface area contributed by atoms with Gasteiger partial charge in [0.1, 0.15) is 0 Å². The number of nitrogens with one attached hydrogen (secondary N) is 1. The van der Waals surface area contributed by atoms with Crippen LogP contribution in [0.4, 0.5) is 5.69 Å². The quantitative estimate of drug-likeness (QED) is 0.687. The van der Waals surface area contributed by atoms with Gasteiger partial charge in [-0.1, -0.05) is 18.2 Å². The second-order valence-electron chi connectivity index (χ2n) is 5.67. The van der Waals surface area contributed by atoms with Crippen LogP contribution in [0.3, 0.4) is 0 Å². The van der Waals surface area contributed by atoms with Crippen LogP contribution < -0.4 is 20.5 Å². The predicted octanol–water partition coefficient (Wildman–Crippen LogP) is 2.97. The van der Waals surface area contributed by atoms with Crippen molar-refractivity contribution in [2.45, 2.75) is 26.7 Å². The summed E-state index contributed by atoms with van der Waals surface area (Å²) >= 11 is 0. The summed E-state index contributed by atoms with van der Waals surface area (Å²) in [4.78, 5) is 12.0. The molecule has 5 nitrogen and oxygen atoms in total. The van der Waals surface area contributed by atoms with Gasteiger partial charge in [-0.25, -0.2) is 0 Å². The summed E-state index contributed by atoms with van der Waals surface area (Å²) in [7, 11) is 0. The summed E-state index contributed by atoms with van der Waals surface area (Å²) < 4.78 is 11.2. The van der Waals surface area contributed by atoms with E-state index in [9.17, 15) is 4.79 Å². The Balaban J connectivity index is 1.85. The Morgan fingerprint density at radius 3 is 2.28 bits per heavy atom. The smallest absolute Gasteiger partial charge is 0.224 e. The van der Waals surface area contributed by atoms with E-state index in [0.29, 0.717) is 31.9 Å². The van der Waals surface area contributed by atoms with Crippen molar-refractivity contribution in [3.8, 4) is 11.5 Å². The van der Waals surface area contributed by atoms with Gasteiger partial charge in [-0.2, -0.15) is 0 Å². The molecule has 1 amide bonds. The fraction of sp³-hybridized carbons (Fsp3) is 0.350. The first kappa shape index (κ1) is 18.6. The maximum Gasteiger partial charge on any atom is 0.224 e. The fourth-order valence-corrected chi connectivity index (χ4v) is 2.48. The van der Waals surface area contributed by atoms with Crippen LogP contribution in [0.1, 0.15) is 25.0 Å². The Morgan fingerprint density at radius 2 is 1.60 bits per heavy atom. The van der Waals surface area contributed by atoms with Crippen LogP contribution in [0.25, 0.3) is 0 Å². The Hall–Kier alpha value is -2.69. The summed E-state index contributed by atoms with van der Waals surface area (Å²) in [5, 5.41) is 2.94. The molecule has 0 aliphatic heterocycles. The molecule has 0 aliphatic carbocycles. The lowest BCUT2D eigenvalue weighted by molar-refractivity contribution is -0.120. The minimum Gasteiger partial charge on any atom is -0.490 e. The van der Waals surface area contributed by atoms with Gasteiger partial charge in [-0.3, -0.25) is 4.79 Å². The first-order valence-corrected chi connectivity index (χ1v) is 8.62. The Kier molecular flexibility index (Phi) is 7.14. The lowest BCUT2D eigenvalue weighted by Gasteiger charge is -2.12. The monoisotopic (exact) mass is 342 g/mol. The molecule has 0 aliphatic rings. The standard InChI is InChI=1S/C20H26N2O3/c1-3-24-18-10-7-16(13-19(18)25-4-2)11-12-22-20(23)14-15-5-8-17(21)9-6-15/h5-10,13H,3-4,11-12,14,21H2,1-2H3,(H,22,23). The topological polar surface area (TPSA) is 73.6 Å². The van der Waals surface area contributed by atoms with Gasteiger partial charge in [-0.05, 0) is 55.7 Å². The second-order valence-corrected chi connectivity index (χ2v) is 5.67. The van der Waals surface area contributed by atoms with Crippen molar-refractivity contribution < 1.29 is 14.3 Å². The lowest BCUT2D eigenvalue weighted by atomic mass is 10.1. The lowest BCUT2D eigenvalue weighted by Crippen LogP contribution is -2.27. The van der Waals surface area contributed by atoms with Crippen molar-refractivity contribution in [1.82, 2.24) is 5.32 Å². The number of ether oxygens (including phenoxy) is 2. The molecular formula is C20H26N2O3. The third-order valence-corrected chi connectivity index (χ3v) is 3.69. The number of nitrogens with two attached hydrogens (primary N) is 1. The van der Waals surface area contributed by atoms with E-state index in [1.54, 1.807) is 12.1 Å². The van der Waals surface area contributed by atoms with E-state index in [1.165, 1.54) is 0 Å². The first-order chi connectivity index (χ1) is 12.1. The summed E-state index contributed by atoms with van der Waals surface area (Å²) in [5.41, 5.74) is 8.39. The van der Waals surface area contributed by atoms with Crippen LogP contribution in [0.15, 0.2) is 42.5 Å². The number of carbonyl (C=O) groups is 1.